The van der Waals surface area contributed by atoms with Crippen molar-refractivity contribution in [2.24, 2.45) is 14.1 Å². The Morgan fingerprint density at radius 3 is 2.59 bits per heavy atom. The fourth-order valence-corrected chi connectivity index (χ4v) is 2.91. The highest BCUT2D eigenvalue weighted by Gasteiger charge is 2.08. The van der Waals surface area contributed by atoms with Crippen LogP contribution in [0.4, 0.5) is 0 Å². The van der Waals surface area contributed by atoms with Gasteiger partial charge in [0.1, 0.15) is 0 Å². The van der Waals surface area contributed by atoms with Gasteiger partial charge in [0.2, 0.25) is 0 Å². The van der Waals surface area contributed by atoms with Gasteiger partial charge in [0.25, 0.3) is 11.1 Å². The lowest BCUT2D eigenvalue weighted by Crippen LogP contribution is -2.37. The predicted octanol–water partition coefficient (Wildman–Crippen LogP) is 0.412. The molecule has 0 saturated heterocycles. The maximum absolute atomic E-state index is 11.9. The van der Waals surface area contributed by atoms with Crippen molar-refractivity contribution in [3.05, 3.63) is 54.7 Å². The molecule has 0 fully saturated rings. The van der Waals surface area contributed by atoms with Crippen LogP contribution in [0.3, 0.4) is 0 Å². The molecule has 0 aliphatic rings. The molecule has 0 radical (unpaired) electrons. The molecule has 0 aliphatic heterocycles. The average Bonchev–Trinajstić information content (AvgIpc) is 2.47. The maximum Gasteiger partial charge on any atom is 0.330 e. The molecular weight excluding hydrogens is 304 g/mol. The van der Waals surface area contributed by atoms with Crippen molar-refractivity contribution in [1.82, 2.24) is 19.1 Å². The Labute approximate surface area is 131 Å². The molecule has 0 saturated carbocycles. The second kappa shape index (κ2) is 6.78. The van der Waals surface area contributed by atoms with Gasteiger partial charge in [0.05, 0.1) is 0 Å². The zero-order chi connectivity index (χ0) is 16.3. The molecule has 8 heteroatoms. The molecule has 7 nitrogen and oxygen atoms in total. The lowest BCUT2D eigenvalue weighted by atomic mass is 10.2. The molecule has 2 heterocycles. The van der Waals surface area contributed by atoms with Crippen LogP contribution in [-0.2, 0) is 26.3 Å². The summed E-state index contributed by atoms with van der Waals surface area (Å²) in [6.07, 6.45) is 1.64. The third-order valence-corrected chi connectivity index (χ3v) is 4.17. The second-order valence-electron chi connectivity index (χ2n) is 4.96. The van der Waals surface area contributed by atoms with E-state index in [1.165, 1.54) is 35.5 Å². The molecule has 0 atom stereocenters. The van der Waals surface area contributed by atoms with Crippen LogP contribution in [0, 0.1) is 0 Å². The summed E-state index contributed by atoms with van der Waals surface area (Å²) in [5.41, 5.74) is 0.413. The normalized spacial score (nSPS) is 10.9. The van der Waals surface area contributed by atoms with Crippen LogP contribution in [-0.4, -0.2) is 19.1 Å². The van der Waals surface area contributed by atoms with Crippen LogP contribution in [0.5, 0.6) is 0 Å². The SMILES string of the molecule is CCCc1cc(=O)[nH]c(SCc2cc(=O)n(C)c(=O)n2C)n1. The molecule has 2 rings (SSSR count). The monoisotopic (exact) mass is 322 g/mol. The Hall–Kier alpha value is -2.09. The van der Waals surface area contributed by atoms with E-state index in [1.54, 1.807) is 7.05 Å². The van der Waals surface area contributed by atoms with E-state index in [4.69, 9.17) is 0 Å². The van der Waals surface area contributed by atoms with Gasteiger partial charge in [0, 0.05) is 43.4 Å². The van der Waals surface area contributed by atoms with Gasteiger partial charge < -0.3 is 4.98 Å². The summed E-state index contributed by atoms with van der Waals surface area (Å²) in [4.78, 5) is 42.2. The van der Waals surface area contributed by atoms with Gasteiger partial charge in [-0.2, -0.15) is 0 Å². The lowest BCUT2D eigenvalue weighted by molar-refractivity contribution is 0.665. The minimum absolute atomic E-state index is 0.196. The molecule has 0 spiro atoms. The highest BCUT2D eigenvalue weighted by atomic mass is 32.2. The smallest absolute Gasteiger partial charge is 0.301 e. The summed E-state index contributed by atoms with van der Waals surface area (Å²) in [5.74, 6) is 0.375. The first-order chi connectivity index (χ1) is 10.4. The molecule has 2 aromatic rings. The number of nitrogens with zero attached hydrogens (tertiary/aromatic N) is 3. The number of thioether (sulfide) groups is 1. The fourth-order valence-electron chi connectivity index (χ4n) is 2.00. The van der Waals surface area contributed by atoms with E-state index in [2.05, 4.69) is 9.97 Å². The van der Waals surface area contributed by atoms with Crippen LogP contribution < -0.4 is 16.8 Å². The maximum atomic E-state index is 11.9. The minimum Gasteiger partial charge on any atom is -0.301 e. The van der Waals surface area contributed by atoms with Crippen LogP contribution in [0.1, 0.15) is 24.7 Å². The van der Waals surface area contributed by atoms with Crippen molar-refractivity contribution in [3.8, 4) is 0 Å². The fraction of sp³-hybridized carbons (Fsp3) is 0.429. The number of hydrogen-bond donors (Lipinski definition) is 1. The van der Waals surface area contributed by atoms with Crippen LogP contribution >= 0.6 is 11.8 Å². The van der Waals surface area contributed by atoms with Gasteiger partial charge in [-0.05, 0) is 6.42 Å². The molecule has 0 bridgehead atoms. The van der Waals surface area contributed by atoms with E-state index in [1.807, 2.05) is 6.92 Å². The summed E-state index contributed by atoms with van der Waals surface area (Å²) in [7, 11) is 3.05. The molecule has 0 aromatic carbocycles. The summed E-state index contributed by atoms with van der Waals surface area (Å²) < 4.78 is 2.47. The highest BCUT2D eigenvalue weighted by molar-refractivity contribution is 7.98. The first-order valence-electron chi connectivity index (χ1n) is 6.91. The van der Waals surface area contributed by atoms with Crippen molar-refractivity contribution in [3.63, 3.8) is 0 Å². The van der Waals surface area contributed by atoms with E-state index in [0.717, 1.165) is 23.1 Å². The average molecular weight is 322 g/mol. The van der Waals surface area contributed by atoms with Crippen molar-refractivity contribution in [2.75, 3.05) is 0 Å². The molecule has 2 aromatic heterocycles. The van der Waals surface area contributed by atoms with Crippen LogP contribution in [0.2, 0.25) is 0 Å². The lowest BCUT2D eigenvalue weighted by Gasteiger charge is -2.09. The molecule has 22 heavy (non-hydrogen) atoms. The summed E-state index contributed by atoms with van der Waals surface area (Å²) in [5, 5.41) is 0.490. The van der Waals surface area contributed by atoms with E-state index >= 15 is 0 Å². The van der Waals surface area contributed by atoms with Crippen molar-refractivity contribution < 1.29 is 0 Å². The van der Waals surface area contributed by atoms with Gasteiger partial charge >= 0.3 is 5.69 Å². The largest absolute Gasteiger partial charge is 0.330 e. The Morgan fingerprint density at radius 1 is 1.18 bits per heavy atom. The minimum atomic E-state index is -0.371. The molecular formula is C14H18N4O3S. The highest BCUT2D eigenvalue weighted by Crippen LogP contribution is 2.16. The van der Waals surface area contributed by atoms with Crippen molar-refractivity contribution >= 4 is 11.8 Å². The molecule has 118 valence electrons. The quantitative estimate of drug-likeness (QED) is 0.636. The zero-order valence-corrected chi connectivity index (χ0v) is 13.6. The molecule has 0 amide bonds. The van der Waals surface area contributed by atoms with Gasteiger partial charge in [-0.15, -0.1) is 0 Å². The number of rotatable bonds is 5. The number of nitrogens with one attached hydrogen (secondary N) is 1. The first-order valence-corrected chi connectivity index (χ1v) is 7.90. The van der Waals surface area contributed by atoms with Gasteiger partial charge in [-0.3, -0.25) is 18.7 Å². The third kappa shape index (κ3) is 3.56. The van der Waals surface area contributed by atoms with Crippen molar-refractivity contribution in [2.45, 2.75) is 30.7 Å². The second-order valence-corrected chi connectivity index (χ2v) is 5.92. The topological polar surface area (TPSA) is 89.8 Å². The van der Waals surface area contributed by atoms with E-state index in [0.29, 0.717) is 16.6 Å². The van der Waals surface area contributed by atoms with Gasteiger partial charge in [-0.1, -0.05) is 25.1 Å². The third-order valence-electron chi connectivity index (χ3n) is 3.26. The first kappa shape index (κ1) is 16.3. The Balaban J connectivity index is 2.26. The summed E-state index contributed by atoms with van der Waals surface area (Å²) in [6.45, 7) is 2.02. The number of H-pyrrole nitrogens is 1. The van der Waals surface area contributed by atoms with Crippen LogP contribution in [0.15, 0.2) is 31.7 Å². The zero-order valence-electron chi connectivity index (χ0n) is 12.8. The Kier molecular flexibility index (Phi) is 5.02. The Bertz CT molecular complexity index is 850. The summed E-state index contributed by atoms with van der Waals surface area (Å²) in [6, 6.07) is 2.91. The number of aryl methyl sites for hydroxylation is 1. The molecule has 0 aliphatic carbocycles. The summed E-state index contributed by atoms with van der Waals surface area (Å²) >= 11 is 1.29. The number of hydrogen-bond acceptors (Lipinski definition) is 5. The number of aromatic nitrogens is 4. The van der Waals surface area contributed by atoms with E-state index in [9.17, 15) is 14.4 Å². The molecule has 1 N–H and O–H groups in total. The Morgan fingerprint density at radius 2 is 1.91 bits per heavy atom. The van der Waals surface area contributed by atoms with Crippen LogP contribution in [0.25, 0.3) is 0 Å². The molecule has 0 unspecified atom stereocenters. The predicted molar refractivity (Wildman–Crippen MR) is 85.3 cm³/mol. The van der Waals surface area contributed by atoms with E-state index < -0.39 is 0 Å². The van der Waals surface area contributed by atoms with Crippen molar-refractivity contribution in [1.29, 1.82) is 0 Å². The van der Waals surface area contributed by atoms with Gasteiger partial charge in [-0.25, -0.2) is 9.78 Å². The standard InChI is InChI=1S/C14H18N4O3S/c1-4-5-9-6-11(19)16-13(15-9)22-8-10-7-12(20)18(3)14(21)17(10)2/h6-7H,4-5,8H2,1-3H3,(H,15,16,19). The van der Waals surface area contributed by atoms with Gasteiger partial charge in [0.15, 0.2) is 5.16 Å². The van der Waals surface area contributed by atoms with E-state index in [-0.39, 0.29) is 16.8 Å². The number of aromatic amines is 1.